The lowest BCUT2D eigenvalue weighted by molar-refractivity contribution is -0.146. The Bertz CT molecular complexity index is 357. The summed E-state index contributed by atoms with van der Waals surface area (Å²) in [5, 5.41) is 13.0. The highest BCUT2D eigenvalue weighted by Crippen LogP contribution is 2.34. The Labute approximate surface area is 87.7 Å². The van der Waals surface area contributed by atoms with E-state index < -0.39 is 12.1 Å². The minimum atomic E-state index is -0.887. The first-order chi connectivity index (χ1) is 7.20. The molecule has 1 aromatic heterocycles. The van der Waals surface area contributed by atoms with Gasteiger partial charge in [-0.05, 0) is 19.8 Å². The van der Waals surface area contributed by atoms with Gasteiger partial charge in [0.05, 0.1) is 12.4 Å². The number of aryl methyl sites for hydroxylation is 1. The molecule has 0 aromatic carbocycles. The van der Waals surface area contributed by atoms with Gasteiger partial charge in [-0.1, -0.05) is 0 Å². The minimum absolute atomic E-state index is 0.174. The van der Waals surface area contributed by atoms with Crippen LogP contribution in [0.25, 0.3) is 0 Å². The van der Waals surface area contributed by atoms with Gasteiger partial charge in [0.2, 0.25) is 0 Å². The molecule has 0 amide bonds. The molecule has 15 heavy (non-hydrogen) atoms. The van der Waals surface area contributed by atoms with Crippen LogP contribution in [-0.4, -0.2) is 27.0 Å². The van der Waals surface area contributed by atoms with E-state index in [-0.39, 0.29) is 5.92 Å². The summed E-state index contributed by atoms with van der Waals surface area (Å²) in [5.41, 5.74) is 0. The molecule has 1 N–H and O–H groups in total. The molecule has 1 atom stereocenters. The van der Waals surface area contributed by atoms with Crippen molar-refractivity contribution in [1.29, 1.82) is 0 Å². The topological polar surface area (TPSA) is 64.3 Å². The summed E-state index contributed by atoms with van der Waals surface area (Å²) < 4.78 is 7.11. The van der Waals surface area contributed by atoms with Gasteiger partial charge in [-0.15, -0.1) is 0 Å². The maximum absolute atomic E-state index is 10.9. The quantitative estimate of drug-likeness (QED) is 0.791. The molecule has 1 aromatic rings. The number of carboxylic acids is 1. The Hall–Kier alpha value is -1.52. The Morgan fingerprint density at radius 3 is 3.00 bits per heavy atom. The van der Waals surface area contributed by atoms with Crippen LogP contribution in [0.1, 0.15) is 19.8 Å². The van der Waals surface area contributed by atoms with Gasteiger partial charge >= 0.3 is 5.97 Å². The molecule has 1 saturated carbocycles. The third kappa shape index (κ3) is 2.29. The molecule has 2 rings (SSSR count). The summed E-state index contributed by atoms with van der Waals surface area (Å²) in [6.45, 7) is 2.72. The van der Waals surface area contributed by atoms with Crippen molar-refractivity contribution < 1.29 is 14.6 Å². The summed E-state index contributed by atoms with van der Waals surface area (Å²) in [5.74, 6) is -0.176. The SMILES string of the molecule is CCn1cc(OC(C(=O)O)C2CC2)cn1. The molecule has 82 valence electrons. The molecule has 1 aliphatic rings. The highest BCUT2D eigenvalue weighted by molar-refractivity contribution is 5.73. The fourth-order valence-corrected chi connectivity index (χ4v) is 1.47. The van der Waals surface area contributed by atoms with Crippen LogP contribution in [0, 0.1) is 5.92 Å². The second-order valence-electron chi connectivity index (χ2n) is 3.75. The number of hydrogen-bond acceptors (Lipinski definition) is 3. The van der Waals surface area contributed by atoms with Gasteiger partial charge in [-0.25, -0.2) is 4.79 Å². The first kappa shape index (κ1) is 10.0. The molecule has 5 heteroatoms. The van der Waals surface area contributed by atoms with E-state index in [1.807, 2.05) is 6.92 Å². The smallest absolute Gasteiger partial charge is 0.345 e. The van der Waals surface area contributed by atoms with E-state index >= 15 is 0 Å². The number of aliphatic carboxylic acids is 1. The summed E-state index contributed by atoms with van der Waals surface area (Å²) in [6, 6.07) is 0. The third-order valence-corrected chi connectivity index (χ3v) is 2.49. The van der Waals surface area contributed by atoms with E-state index in [9.17, 15) is 4.79 Å². The minimum Gasteiger partial charge on any atom is -0.478 e. The van der Waals surface area contributed by atoms with Crippen LogP contribution in [0.15, 0.2) is 12.4 Å². The van der Waals surface area contributed by atoms with Gasteiger partial charge in [0.25, 0.3) is 0 Å². The predicted molar refractivity (Wildman–Crippen MR) is 52.7 cm³/mol. The van der Waals surface area contributed by atoms with Crippen molar-refractivity contribution in [2.45, 2.75) is 32.4 Å². The van der Waals surface area contributed by atoms with Gasteiger partial charge in [0.1, 0.15) is 0 Å². The summed E-state index contributed by atoms with van der Waals surface area (Å²) in [7, 11) is 0. The van der Waals surface area contributed by atoms with Crippen molar-refractivity contribution in [3.63, 3.8) is 0 Å². The molecule has 0 aliphatic heterocycles. The second-order valence-corrected chi connectivity index (χ2v) is 3.75. The van der Waals surface area contributed by atoms with E-state index in [0.29, 0.717) is 5.75 Å². The lowest BCUT2D eigenvalue weighted by Gasteiger charge is -2.11. The fourth-order valence-electron chi connectivity index (χ4n) is 1.47. The van der Waals surface area contributed by atoms with Gasteiger partial charge in [-0.3, -0.25) is 4.68 Å². The van der Waals surface area contributed by atoms with Crippen molar-refractivity contribution in [3.8, 4) is 5.75 Å². The molecule has 0 saturated heterocycles. The zero-order valence-corrected chi connectivity index (χ0v) is 8.59. The first-order valence-corrected chi connectivity index (χ1v) is 5.12. The predicted octanol–water partition coefficient (Wildman–Crippen LogP) is 1.15. The molecule has 0 radical (unpaired) electrons. The van der Waals surface area contributed by atoms with Crippen LogP contribution in [0.5, 0.6) is 5.75 Å². The number of ether oxygens (including phenoxy) is 1. The van der Waals surface area contributed by atoms with Gasteiger partial charge in [-0.2, -0.15) is 5.10 Å². The average molecular weight is 210 g/mol. The van der Waals surface area contributed by atoms with E-state index in [0.717, 1.165) is 19.4 Å². The van der Waals surface area contributed by atoms with Crippen molar-refractivity contribution in [2.24, 2.45) is 5.92 Å². The van der Waals surface area contributed by atoms with Crippen molar-refractivity contribution in [2.75, 3.05) is 0 Å². The van der Waals surface area contributed by atoms with Crippen LogP contribution in [0.4, 0.5) is 0 Å². The first-order valence-electron chi connectivity index (χ1n) is 5.12. The number of nitrogens with zero attached hydrogens (tertiary/aromatic N) is 2. The van der Waals surface area contributed by atoms with Gasteiger partial charge in [0.15, 0.2) is 11.9 Å². The number of rotatable bonds is 5. The third-order valence-electron chi connectivity index (χ3n) is 2.49. The van der Waals surface area contributed by atoms with Gasteiger partial charge < -0.3 is 9.84 Å². The Morgan fingerprint density at radius 2 is 2.53 bits per heavy atom. The molecule has 1 heterocycles. The summed E-state index contributed by atoms with van der Waals surface area (Å²) in [6.07, 6.45) is 4.46. The molecule has 1 unspecified atom stereocenters. The van der Waals surface area contributed by atoms with Crippen molar-refractivity contribution in [1.82, 2.24) is 9.78 Å². The number of carboxylic acid groups (broad SMARTS) is 1. The maximum Gasteiger partial charge on any atom is 0.345 e. The lowest BCUT2D eigenvalue weighted by atomic mass is 10.2. The Morgan fingerprint density at radius 1 is 1.80 bits per heavy atom. The highest BCUT2D eigenvalue weighted by atomic mass is 16.5. The maximum atomic E-state index is 10.9. The van der Waals surface area contributed by atoms with Gasteiger partial charge in [0, 0.05) is 12.5 Å². The van der Waals surface area contributed by atoms with Crippen LogP contribution < -0.4 is 4.74 Å². The Kier molecular flexibility index (Phi) is 2.62. The molecule has 1 fully saturated rings. The number of carbonyl (C=O) groups is 1. The molecule has 1 aliphatic carbocycles. The summed E-state index contributed by atoms with van der Waals surface area (Å²) >= 11 is 0. The molecule has 0 bridgehead atoms. The molecular formula is C10H14N2O3. The lowest BCUT2D eigenvalue weighted by Crippen LogP contribution is -2.28. The van der Waals surface area contributed by atoms with Crippen molar-refractivity contribution in [3.05, 3.63) is 12.4 Å². The second kappa shape index (κ2) is 3.92. The average Bonchev–Trinajstić information content (AvgIpc) is 2.94. The normalized spacial score (nSPS) is 17.4. The van der Waals surface area contributed by atoms with Crippen molar-refractivity contribution >= 4 is 5.97 Å². The molecule has 5 nitrogen and oxygen atoms in total. The number of aromatic nitrogens is 2. The monoisotopic (exact) mass is 210 g/mol. The van der Waals surface area contributed by atoms with E-state index in [4.69, 9.17) is 9.84 Å². The summed E-state index contributed by atoms with van der Waals surface area (Å²) in [4.78, 5) is 10.9. The Balaban J connectivity index is 2.01. The standard InChI is InChI=1S/C10H14N2O3/c1-2-12-6-8(5-11-12)15-9(10(13)14)7-3-4-7/h5-7,9H,2-4H2,1H3,(H,13,14). The van der Waals surface area contributed by atoms with Crippen LogP contribution in [-0.2, 0) is 11.3 Å². The molecule has 0 spiro atoms. The highest BCUT2D eigenvalue weighted by Gasteiger charge is 2.38. The largest absolute Gasteiger partial charge is 0.478 e. The zero-order valence-electron chi connectivity index (χ0n) is 8.59. The number of hydrogen-bond donors (Lipinski definition) is 1. The van der Waals surface area contributed by atoms with Crippen LogP contribution in [0.3, 0.4) is 0 Å². The van der Waals surface area contributed by atoms with Crippen LogP contribution in [0.2, 0.25) is 0 Å². The van der Waals surface area contributed by atoms with E-state index in [1.165, 1.54) is 0 Å². The van der Waals surface area contributed by atoms with E-state index in [2.05, 4.69) is 5.10 Å². The molecular weight excluding hydrogens is 196 g/mol. The van der Waals surface area contributed by atoms with E-state index in [1.54, 1.807) is 17.1 Å². The van der Waals surface area contributed by atoms with Crippen LogP contribution >= 0.6 is 0 Å². The fraction of sp³-hybridized carbons (Fsp3) is 0.600. The zero-order chi connectivity index (χ0) is 10.8.